The molecule has 3 aromatic rings. The van der Waals surface area contributed by atoms with Gasteiger partial charge in [-0.05, 0) is 49.1 Å². The van der Waals surface area contributed by atoms with Gasteiger partial charge in [0.25, 0.3) is 5.01 Å². The lowest BCUT2D eigenvalue weighted by Gasteiger charge is -2.24. The Bertz CT molecular complexity index is 969. The van der Waals surface area contributed by atoms with E-state index in [1.165, 1.54) is 84.3 Å². The van der Waals surface area contributed by atoms with E-state index < -0.39 is 0 Å². The molecule has 4 heteroatoms. The molecule has 0 radical (unpaired) electrons. The van der Waals surface area contributed by atoms with Crippen molar-refractivity contribution in [1.82, 2.24) is 0 Å². The molecule has 0 bridgehead atoms. The number of nitrogens with zero attached hydrogens (tertiary/aromatic N) is 2. The number of aromatic nitrogens is 1. The van der Waals surface area contributed by atoms with Crippen LogP contribution in [0, 0.1) is 0 Å². The molecule has 34 heavy (non-hydrogen) atoms. The van der Waals surface area contributed by atoms with Crippen molar-refractivity contribution in [2.45, 2.75) is 85.1 Å². The van der Waals surface area contributed by atoms with E-state index in [9.17, 15) is 0 Å². The number of anilines is 1. The van der Waals surface area contributed by atoms with Gasteiger partial charge in [0.05, 0.1) is 0 Å². The largest absolute Gasteiger partial charge is 1.00 e. The van der Waals surface area contributed by atoms with E-state index in [-0.39, 0.29) is 24.0 Å². The summed E-state index contributed by atoms with van der Waals surface area (Å²) < 4.78 is 3.90. The van der Waals surface area contributed by atoms with E-state index in [1.807, 2.05) is 11.3 Å². The van der Waals surface area contributed by atoms with Crippen molar-refractivity contribution >= 4 is 39.4 Å². The summed E-state index contributed by atoms with van der Waals surface area (Å²) >= 11 is 1.91. The van der Waals surface area contributed by atoms with Gasteiger partial charge in [-0.15, -0.1) is 0 Å². The quantitative estimate of drug-likeness (QED) is 0.124. The first-order valence-corrected chi connectivity index (χ1v) is 14.0. The van der Waals surface area contributed by atoms with Gasteiger partial charge in [-0.2, -0.15) is 4.57 Å². The Morgan fingerprint density at radius 2 is 1.38 bits per heavy atom. The number of hydrogen-bond acceptors (Lipinski definition) is 2. The molecule has 186 valence electrons. The predicted molar refractivity (Wildman–Crippen MR) is 148 cm³/mol. The first-order chi connectivity index (χ1) is 16.3. The summed E-state index contributed by atoms with van der Waals surface area (Å²) in [5.74, 6) is 0. The van der Waals surface area contributed by atoms with Crippen molar-refractivity contribution in [3.63, 3.8) is 0 Å². The van der Waals surface area contributed by atoms with Crippen LogP contribution >= 0.6 is 11.3 Å². The number of unbranched alkanes of at least 4 members (excludes halogenated alkanes) is 6. The first-order valence-electron chi connectivity index (χ1n) is 13.2. The molecule has 0 atom stereocenters. The van der Waals surface area contributed by atoms with Crippen LogP contribution < -0.4 is 33.4 Å². The van der Waals surface area contributed by atoms with E-state index in [1.54, 1.807) is 0 Å². The van der Waals surface area contributed by atoms with Crippen LogP contribution in [0.15, 0.2) is 48.5 Å². The second-order valence-electron chi connectivity index (χ2n) is 9.09. The summed E-state index contributed by atoms with van der Waals surface area (Å²) in [6.07, 6.45) is 16.2. The maximum absolute atomic E-state index is 2.55. The van der Waals surface area contributed by atoms with Gasteiger partial charge in [-0.3, -0.25) is 0 Å². The molecule has 0 spiro atoms. The SMILES string of the molecule is CCCCCCC[n+]1c(/C=C/c2ccc(N(CCCC)CCCC)cc2)sc2ccccc21.[I-]. The Morgan fingerprint density at radius 1 is 0.735 bits per heavy atom. The van der Waals surface area contributed by atoms with Gasteiger partial charge in [0.1, 0.15) is 4.70 Å². The fourth-order valence-electron chi connectivity index (χ4n) is 4.31. The average molecular weight is 591 g/mol. The minimum atomic E-state index is 0. The van der Waals surface area contributed by atoms with Crippen LogP contribution in [0.5, 0.6) is 0 Å². The van der Waals surface area contributed by atoms with Gasteiger partial charge in [0.15, 0.2) is 6.54 Å². The highest BCUT2D eigenvalue weighted by atomic mass is 127. The second-order valence-corrected chi connectivity index (χ2v) is 10.2. The van der Waals surface area contributed by atoms with Gasteiger partial charge >= 0.3 is 0 Å². The van der Waals surface area contributed by atoms with Gasteiger partial charge in [-0.1, -0.05) is 88.5 Å². The van der Waals surface area contributed by atoms with Gasteiger partial charge < -0.3 is 28.9 Å². The zero-order valence-electron chi connectivity index (χ0n) is 21.4. The van der Waals surface area contributed by atoms with E-state index in [0.29, 0.717) is 0 Å². The third-order valence-corrected chi connectivity index (χ3v) is 7.49. The molecule has 0 saturated carbocycles. The first kappa shape index (κ1) is 28.8. The Kier molecular flexibility index (Phi) is 13.8. The van der Waals surface area contributed by atoms with Crippen molar-refractivity contribution in [3.8, 4) is 0 Å². The molecule has 0 aliphatic carbocycles. The minimum Gasteiger partial charge on any atom is -1.00 e. The topological polar surface area (TPSA) is 7.12 Å². The number of para-hydroxylation sites is 1. The van der Waals surface area contributed by atoms with Crippen LogP contribution in [0.4, 0.5) is 5.69 Å². The number of halogens is 1. The van der Waals surface area contributed by atoms with Crippen LogP contribution in [0.25, 0.3) is 22.4 Å². The highest BCUT2D eigenvalue weighted by Crippen LogP contribution is 2.23. The van der Waals surface area contributed by atoms with Crippen LogP contribution in [-0.4, -0.2) is 13.1 Å². The molecule has 3 rings (SSSR count). The molecular weight excluding hydrogens is 547 g/mol. The van der Waals surface area contributed by atoms with Gasteiger partial charge in [0.2, 0.25) is 5.52 Å². The molecule has 2 nitrogen and oxygen atoms in total. The van der Waals surface area contributed by atoms with Gasteiger partial charge in [-0.25, -0.2) is 0 Å². The highest BCUT2D eigenvalue weighted by Gasteiger charge is 2.17. The molecule has 0 N–H and O–H groups in total. The molecule has 0 aliphatic heterocycles. The summed E-state index contributed by atoms with van der Waals surface area (Å²) in [6.45, 7) is 10.3. The normalized spacial score (nSPS) is 11.3. The summed E-state index contributed by atoms with van der Waals surface area (Å²) in [5, 5.41) is 1.35. The average Bonchev–Trinajstić information content (AvgIpc) is 3.20. The molecule has 1 aromatic heterocycles. The summed E-state index contributed by atoms with van der Waals surface area (Å²) in [5.41, 5.74) is 4.00. The van der Waals surface area contributed by atoms with E-state index >= 15 is 0 Å². The third-order valence-electron chi connectivity index (χ3n) is 6.36. The lowest BCUT2D eigenvalue weighted by Crippen LogP contribution is -3.00. The van der Waals surface area contributed by atoms with E-state index in [4.69, 9.17) is 0 Å². The molecule has 0 aliphatic rings. The van der Waals surface area contributed by atoms with Crippen molar-refractivity contribution in [2.24, 2.45) is 0 Å². The molecule has 1 heterocycles. The molecule has 0 fully saturated rings. The van der Waals surface area contributed by atoms with Crippen molar-refractivity contribution in [3.05, 3.63) is 59.1 Å². The van der Waals surface area contributed by atoms with Crippen molar-refractivity contribution < 1.29 is 28.5 Å². The van der Waals surface area contributed by atoms with Gasteiger partial charge in [0, 0.05) is 37.3 Å². The van der Waals surface area contributed by atoms with E-state index in [0.717, 1.165) is 19.6 Å². The number of benzene rings is 2. The lowest BCUT2D eigenvalue weighted by atomic mass is 10.1. The number of rotatable bonds is 15. The zero-order valence-corrected chi connectivity index (χ0v) is 24.4. The Morgan fingerprint density at radius 3 is 2.06 bits per heavy atom. The number of thiazole rings is 1. The zero-order chi connectivity index (χ0) is 23.3. The van der Waals surface area contributed by atoms with E-state index in [2.05, 4.69) is 90.9 Å². The summed E-state index contributed by atoms with van der Waals surface area (Å²) in [6, 6.07) is 18.0. The van der Waals surface area contributed by atoms with Crippen molar-refractivity contribution in [1.29, 1.82) is 0 Å². The van der Waals surface area contributed by atoms with Crippen LogP contribution in [-0.2, 0) is 6.54 Å². The molecule has 2 aromatic carbocycles. The maximum Gasteiger partial charge on any atom is 0.262 e. The summed E-state index contributed by atoms with van der Waals surface area (Å²) in [7, 11) is 0. The Labute approximate surface area is 229 Å². The molecule has 0 amide bonds. The highest BCUT2D eigenvalue weighted by molar-refractivity contribution is 7.18. The van der Waals surface area contributed by atoms with Crippen LogP contribution in [0.1, 0.15) is 89.1 Å². The number of hydrogen-bond donors (Lipinski definition) is 0. The Hall–Kier alpha value is -1.40. The monoisotopic (exact) mass is 590 g/mol. The predicted octanol–water partition coefficient (Wildman–Crippen LogP) is 5.74. The number of aryl methyl sites for hydroxylation is 1. The smallest absolute Gasteiger partial charge is 0.262 e. The molecule has 0 unspecified atom stereocenters. The molecule has 0 saturated heterocycles. The standard InChI is InChI=1S/C30H43N2S.HI/c1-4-7-10-11-14-25-32-28-15-12-13-16-29(28)33-30(32)22-19-26-17-20-27(21-18-26)31(23-8-5-2)24-9-6-3;/h12-13,15-22H,4-11,14,23-25H2,1-3H3;1H/q+1;/p-1. The summed E-state index contributed by atoms with van der Waals surface area (Å²) in [4.78, 5) is 2.55. The maximum atomic E-state index is 2.55. The second kappa shape index (κ2) is 16.3. The van der Waals surface area contributed by atoms with Crippen LogP contribution in [0.3, 0.4) is 0 Å². The fourth-order valence-corrected chi connectivity index (χ4v) is 5.40. The van der Waals surface area contributed by atoms with Crippen LogP contribution in [0.2, 0.25) is 0 Å². The van der Waals surface area contributed by atoms with Crippen molar-refractivity contribution in [2.75, 3.05) is 18.0 Å². The lowest BCUT2D eigenvalue weighted by molar-refractivity contribution is -0.669. The fraction of sp³-hybridized carbons (Fsp3) is 0.500. The Balaban J connectivity index is 0.00000408. The number of fused-ring (bicyclic) bond motifs is 1. The third kappa shape index (κ3) is 8.67. The molecular formula is C30H43IN2S. The minimum absolute atomic E-state index is 0.